The van der Waals surface area contributed by atoms with E-state index in [1.54, 1.807) is 12.1 Å². The highest BCUT2D eigenvalue weighted by molar-refractivity contribution is 5.97. The first kappa shape index (κ1) is 11.4. The summed E-state index contributed by atoms with van der Waals surface area (Å²) in [7, 11) is 0. The number of piperidine rings is 1. The van der Waals surface area contributed by atoms with Gasteiger partial charge in [-0.3, -0.25) is 9.59 Å². The Bertz CT molecular complexity index is 430. The highest BCUT2D eigenvalue weighted by Crippen LogP contribution is 2.06. The standard InChI is InChI=1S/C11H14N4O2/c12-9-4-3-7(6-14-9)10(16)15-8-2-1-5-13-11(8)17/h3-4,6,8H,1-2,5H2,(H2,12,14)(H,13,17)(H,15,16). The van der Waals surface area contributed by atoms with Crippen molar-refractivity contribution in [2.24, 2.45) is 0 Å². The van der Waals surface area contributed by atoms with Crippen molar-refractivity contribution >= 4 is 17.6 Å². The van der Waals surface area contributed by atoms with Gasteiger partial charge in [-0.1, -0.05) is 0 Å². The first-order chi connectivity index (χ1) is 8.16. The second kappa shape index (κ2) is 4.82. The van der Waals surface area contributed by atoms with Gasteiger partial charge in [0.2, 0.25) is 5.91 Å². The van der Waals surface area contributed by atoms with Gasteiger partial charge in [-0.2, -0.15) is 0 Å². The predicted octanol–water partition coefficient (Wildman–Crippen LogP) is -0.328. The lowest BCUT2D eigenvalue weighted by Gasteiger charge is -2.22. The Kier molecular flexibility index (Phi) is 3.22. The Hall–Kier alpha value is -2.11. The fourth-order valence-corrected chi connectivity index (χ4v) is 1.69. The van der Waals surface area contributed by atoms with Crippen LogP contribution in [0.5, 0.6) is 0 Å². The van der Waals surface area contributed by atoms with Crippen LogP contribution >= 0.6 is 0 Å². The number of carbonyl (C=O) groups is 2. The van der Waals surface area contributed by atoms with Crippen LogP contribution in [0.1, 0.15) is 23.2 Å². The molecular weight excluding hydrogens is 220 g/mol. The van der Waals surface area contributed by atoms with E-state index in [9.17, 15) is 9.59 Å². The Morgan fingerprint density at radius 1 is 1.53 bits per heavy atom. The summed E-state index contributed by atoms with van der Waals surface area (Å²) in [6.45, 7) is 0.675. The maximum atomic E-state index is 11.8. The molecule has 6 nitrogen and oxygen atoms in total. The molecule has 0 radical (unpaired) electrons. The number of nitrogens with zero attached hydrogens (tertiary/aromatic N) is 1. The molecule has 1 aliphatic heterocycles. The van der Waals surface area contributed by atoms with Gasteiger partial charge in [-0.25, -0.2) is 4.98 Å². The molecule has 0 aliphatic carbocycles. The van der Waals surface area contributed by atoms with Gasteiger partial charge in [-0.15, -0.1) is 0 Å². The van der Waals surface area contributed by atoms with Crippen molar-refractivity contribution in [1.29, 1.82) is 0 Å². The van der Waals surface area contributed by atoms with Crippen molar-refractivity contribution in [3.63, 3.8) is 0 Å². The van der Waals surface area contributed by atoms with Crippen LogP contribution in [-0.4, -0.2) is 29.4 Å². The highest BCUT2D eigenvalue weighted by atomic mass is 16.2. The van der Waals surface area contributed by atoms with E-state index in [2.05, 4.69) is 15.6 Å². The monoisotopic (exact) mass is 234 g/mol. The first-order valence-corrected chi connectivity index (χ1v) is 5.47. The fraction of sp³-hybridized carbons (Fsp3) is 0.364. The Balaban J connectivity index is 2.01. The van der Waals surface area contributed by atoms with Crippen LogP contribution in [0.2, 0.25) is 0 Å². The zero-order valence-corrected chi connectivity index (χ0v) is 9.27. The molecular formula is C11H14N4O2. The third-order valence-electron chi connectivity index (χ3n) is 2.64. The number of carbonyl (C=O) groups excluding carboxylic acids is 2. The second-order valence-corrected chi connectivity index (χ2v) is 3.93. The van der Waals surface area contributed by atoms with Crippen LogP contribution < -0.4 is 16.4 Å². The van der Waals surface area contributed by atoms with Crippen molar-refractivity contribution in [2.45, 2.75) is 18.9 Å². The SMILES string of the molecule is Nc1ccc(C(=O)NC2CCCNC2=O)cn1. The molecule has 2 rings (SSSR count). The number of amides is 2. The minimum absolute atomic E-state index is 0.131. The smallest absolute Gasteiger partial charge is 0.253 e. The van der Waals surface area contributed by atoms with E-state index in [0.717, 1.165) is 6.42 Å². The fourth-order valence-electron chi connectivity index (χ4n) is 1.69. The minimum atomic E-state index is -0.450. The Morgan fingerprint density at radius 3 is 3.00 bits per heavy atom. The number of nitrogen functional groups attached to an aromatic ring is 1. The first-order valence-electron chi connectivity index (χ1n) is 5.47. The number of nitrogens with two attached hydrogens (primary N) is 1. The van der Waals surface area contributed by atoms with Gasteiger partial charge >= 0.3 is 0 Å². The lowest BCUT2D eigenvalue weighted by atomic mass is 10.1. The summed E-state index contributed by atoms with van der Waals surface area (Å²) in [4.78, 5) is 27.1. The van der Waals surface area contributed by atoms with E-state index in [1.165, 1.54) is 6.20 Å². The highest BCUT2D eigenvalue weighted by Gasteiger charge is 2.23. The minimum Gasteiger partial charge on any atom is -0.384 e. The molecule has 2 heterocycles. The normalized spacial score (nSPS) is 19.5. The average Bonchev–Trinajstić information content (AvgIpc) is 2.33. The van der Waals surface area contributed by atoms with Gasteiger partial charge < -0.3 is 16.4 Å². The van der Waals surface area contributed by atoms with Crippen molar-refractivity contribution in [1.82, 2.24) is 15.6 Å². The lowest BCUT2D eigenvalue weighted by molar-refractivity contribution is -0.124. The second-order valence-electron chi connectivity index (χ2n) is 3.93. The molecule has 90 valence electrons. The lowest BCUT2D eigenvalue weighted by Crippen LogP contribution is -2.50. The summed E-state index contributed by atoms with van der Waals surface area (Å²) in [6.07, 6.45) is 2.93. The molecule has 4 N–H and O–H groups in total. The molecule has 1 unspecified atom stereocenters. The predicted molar refractivity (Wildman–Crippen MR) is 62.1 cm³/mol. The number of hydrogen-bond acceptors (Lipinski definition) is 4. The van der Waals surface area contributed by atoms with Crippen LogP contribution in [0.15, 0.2) is 18.3 Å². The van der Waals surface area contributed by atoms with E-state index >= 15 is 0 Å². The molecule has 2 amide bonds. The average molecular weight is 234 g/mol. The Morgan fingerprint density at radius 2 is 2.35 bits per heavy atom. The summed E-state index contributed by atoms with van der Waals surface area (Å²) in [5.74, 6) is -0.0792. The summed E-state index contributed by atoms with van der Waals surface area (Å²) in [6, 6.07) is 2.68. The largest absolute Gasteiger partial charge is 0.384 e. The molecule has 17 heavy (non-hydrogen) atoms. The van der Waals surface area contributed by atoms with Gasteiger partial charge in [0, 0.05) is 12.7 Å². The van der Waals surface area contributed by atoms with E-state index < -0.39 is 6.04 Å². The topological polar surface area (TPSA) is 97.1 Å². The third kappa shape index (κ3) is 2.72. The number of hydrogen-bond donors (Lipinski definition) is 3. The quantitative estimate of drug-likeness (QED) is 0.652. The summed E-state index contributed by atoms with van der Waals surface area (Å²) >= 11 is 0. The van der Waals surface area contributed by atoms with E-state index in [4.69, 9.17) is 5.73 Å². The maximum Gasteiger partial charge on any atom is 0.253 e. The molecule has 0 spiro atoms. The zero-order chi connectivity index (χ0) is 12.3. The van der Waals surface area contributed by atoms with Crippen LogP contribution in [0.3, 0.4) is 0 Å². The number of nitrogens with one attached hydrogen (secondary N) is 2. The van der Waals surface area contributed by atoms with Crippen molar-refractivity contribution in [2.75, 3.05) is 12.3 Å². The van der Waals surface area contributed by atoms with Crippen LogP contribution in [-0.2, 0) is 4.79 Å². The van der Waals surface area contributed by atoms with Gasteiger partial charge in [-0.05, 0) is 25.0 Å². The molecule has 1 aromatic rings. The van der Waals surface area contributed by atoms with Crippen molar-refractivity contribution in [3.05, 3.63) is 23.9 Å². The van der Waals surface area contributed by atoms with E-state index in [-0.39, 0.29) is 11.8 Å². The number of anilines is 1. The number of rotatable bonds is 2. The molecule has 1 saturated heterocycles. The van der Waals surface area contributed by atoms with Crippen molar-refractivity contribution < 1.29 is 9.59 Å². The summed E-state index contributed by atoms with van der Waals surface area (Å²) in [5, 5.41) is 5.38. The number of aromatic nitrogens is 1. The molecule has 1 fully saturated rings. The van der Waals surface area contributed by atoms with E-state index in [0.29, 0.717) is 24.3 Å². The third-order valence-corrected chi connectivity index (χ3v) is 2.64. The van der Waals surface area contributed by atoms with Gasteiger partial charge in [0.05, 0.1) is 5.56 Å². The van der Waals surface area contributed by atoms with Gasteiger partial charge in [0.25, 0.3) is 5.91 Å². The molecule has 0 bridgehead atoms. The van der Waals surface area contributed by atoms with Gasteiger partial charge in [0.1, 0.15) is 11.9 Å². The number of pyridine rings is 1. The molecule has 0 aromatic carbocycles. The van der Waals surface area contributed by atoms with Crippen LogP contribution in [0, 0.1) is 0 Å². The molecule has 6 heteroatoms. The zero-order valence-electron chi connectivity index (χ0n) is 9.27. The molecule has 0 saturated carbocycles. The van der Waals surface area contributed by atoms with Crippen LogP contribution in [0.25, 0.3) is 0 Å². The molecule has 1 aliphatic rings. The molecule has 1 aromatic heterocycles. The van der Waals surface area contributed by atoms with E-state index in [1.807, 2.05) is 0 Å². The molecule has 1 atom stereocenters. The summed E-state index contributed by atoms with van der Waals surface area (Å²) < 4.78 is 0. The Labute approximate surface area is 98.6 Å². The van der Waals surface area contributed by atoms with Crippen LogP contribution in [0.4, 0.5) is 5.82 Å². The van der Waals surface area contributed by atoms with Crippen molar-refractivity contribution in [3.8, 4) is 0 Å². The summed E-state index contributed by atoms with van der Waals surface area (Å²) in [5.41, 5.74) is 5.83. The maximum absolute atomic E-state index is 11.8. The van der Waals surface area contributed by atoms with Gasteiger partial charge in [0.15, 0.2) is 0 Å².